The van der Waals surface area contributed by atoms with E-state index in [1.165, 1.54) is 69.6 Å². The second-order valence-corrected chi connectivity index (χ2v) is 10.4. The van der Waals surface area contributed by atoms with E-state index in [1.54, 1.807) is 0 Å². The molecule has 0 saturated heterocycles. The molecular formula is C34H21NS. The van der Waals surface area contributed by atoms with Gasteiger partial charge in [0.05, 0.1) is 11.0 Å². The van der Waals surface area contributed by atoms with Gasteiger partial charge in [-0.3, -0.25) is 0 Å². The molecule has 168 valence electrons. The Balaban J connectivity index is 1.40. The lowest BCUT2D eigenvalue weighted by molar-refractivity contribution is 1.19. The standard InChI is InChI=1S/C34H21NS/c1-2-9-23-20-25(18-16-22(23)8-1)35-31-14-5-3-10-27(31)30-21-24(17-19-32(30)35)26-12-7-13-29-28-11-4-6-15-33(28)36-34(26)29/h1-21H. The molecule has 8 rings (SSSR count). The highest BCUT2D eigenvalue weighted by molar-refractivity contribution is 7.26. The third kappa shape index (κ3) is 2.82. The van der Waals surface area contributed by atoms with Crippen molar-refractivity contribution in [1.82, 2.24) is 4.57 Å². The van der Waals surface area contributed by atoms with Gasteiger partial charge in [-0.15, -0.1) is 11.3 Å². The van der Waals surface area contributed by atoms with E-state index in [9.17, 15) is 0 Å². The Labute approximate surface area is 212 Å². The van der Waals surface area contributed by atoms with Crippen LogP contribution in [0.5, 0.6) is 0 Å². The number of thiophene rings is 1. The van der Waals surface area contributed by atoms with Crippen molar-refractivity contribution in [3.8, 4) is 16.8 Å². The van der Waals surface area contributed by atoms with Crippen molar-refractivity contribution in [3.05, 3.63) is 127 Å². The Bertz CT molecular complexity index is 2110. The van der Waals surface area contributed by atoms with E-state index in [1.807, 2.05) is 11.3 Å². The van der Waals surface area contributed by atoms with Gasteiger partial charge in [-0.1, -0.05) is 91.0 Å². The summed E-state index contributed by atoms with van der Waals surface area (Å²) in [5.41, 5.74) is 6.23. The maximum Gasteiger partial charge on any atom is 0.0541 e. The molecule has 6 aromatic carbocycles. The maximum absolute atomic E-state index is 2.40. The number of hydrogen-bond donors (Lipinski definition) is 0. The normalized spacial score (nSPS) is 11.9. The van der Waals surface area contributed by atoms with E-state index in [-0.39, 0.29) is 0 Å². The van der Waals surface area contributed by atoms with E-state index in [0.717, 1.165) is 0 Å². The molecule has 0 radical (unpaired) electrons. The van der Waals surface area contributed by atoms with Gasteiger partial charge in [0, 0.05) is 36.6 Å². The predicted octanol–water partition coefficient (Wildman–Crippen LogP) is 9.97. The molecule has 2 heterocycles. The Morgan fingerprint density at radius 1 is 0.472 bits per heavy atom. The van der Waals surface area contributed by atoms with Gasteiger partial charge in [-0.05, 0) is 58.3 Å². The summed E-state index contributed by atoms with van der Waals surface area (Å²) in [7, 11) is 0. The molecule has 0 aliphatic heterocycles. The molecule has 0 spiro atoms. The molecule has 0 amide bonds. The van der Waals surface area contributed by atoms with Crippen LogP contribution in [0.3, 0.4) is 0 Å². The summed E-state index contributed by atoms with van der Waals surface area (Å²) >= 11 is 1.89. The van der Waals surface area contributed by atoms with E-state index < -0.39 is 0 Å². The summed E-state index contributed by atoms with van der Waals surface area (Å²) in [6, 6.07) is 46.5. The highest BCUT2D eigenvalue weighted by atomic mass is 32.1. The average Bonchev–Trinajstić information content (AvgIpc) is 3.48. The van der Waals surface area contributed by atoms with Gasteiger partial charge >= 0.3 is 0 Å². The summed E-state index contributed by atoms with van der Waals surface area (Å²) < 4.78 is 5.10. The van der Waals surface area contributed by atoms with Crippen molar-refractivity contribution in [3.63, 3.8) is 0 Å². The first-order valence-electron chi connectivity index (χ1n) is 12.3. The van der Waals surface area contributed by atoms with Crippen molar-refractivity contribution in [1.29, 1.82) is 0 Å². The number of benzene rings is 6. The summed E-state index contributed by atoms with van der Waals surface area (Å²) in [6.45, 7) is 0. The molecule has 8 aromatic rings. The summed E-state index contributed by atoms with van der Waals surface area (Å²) in [4.78, 5) is 0. The molecule has 0 unspecified atom stereocenters. The Morgan fingerprint density at radius 2 is 1.22 bits per heavy atom. The van der Waals surface area contributed by atoms with Crippen LogP contribution < -0.4 is 0 Å². The van der Waals surface area contributed by atoms with E-state index in [0.29, 0.717) is 0 Å². The number of fused-ring (bicyclic) bond motifs is 7. The van der Waals surface area contributed by atoms with Crippen LogP contribution in [-0.4, -0.2) is 4.57 Å². The Morgan fingerprint density at radius 3 is 2.17 bits per heavy atom. The molecule has 0 fully saturated rings. The van der Waals surface area contributed by atoms with E-state index in [4.69, 9.17) is 0 Å². The van der Waals surface area contributed by atoms with Crippen molar-refractivity contribution in [2.75, 3.05) is 0 Å². The molecule has 0 atom stereocenters. The van der Waals surface area contributed by atoms with Crippen LogP contribution >= 0.6 is 11.3 Å². The van der Waals surface area contributed by atoms with Gasteiger partial charge in [0.2, 0.25) is 0 Å². The second kappa shape index (κ2) is 7.55. The lowest BCUT2D eigenvalue weighted by atomic mass is 10.0. The summed E-state index contributed by atoms with van der Waals surface area (Å²) in [5, 5.41) is 7.77. The molecule has 0 bridgehead atoms. The van der Waals surface area contributed by atoms with Gasteiger partial charge < -0.3 is 4.57 Å². The molecule has 1 nitrogen and oxygen atoms in total. The topological polar surface area (TPSA) is 4.93 Å². The smallest absolute Gasteiger partial charge is 0.0541 e. The molecular weight excluding hydrogens is 454 g/mol. The average molecular weight is 476 g/mol. The third-order valence-electron chi connectivity index (χ3n) is 7.38. The lowest BCUT2D eigenvalue weighted by Gasteiger charge is -2.10. The van der Waals surface area contributed by atoms with Crippen LogP contribution in [0.4, 0.5) is 0 Å². The van der Waals surface area contributed by atoms with Crippen molar-refractivity contribution in [2.24, 2.45) is 0 Å². The molecule has 0 saturated carbocycles. The van der Waals surface area contributed by atoms with E-state index in [2.05, 4.69) is 132 Å². The molecule has 0 aliphatic carbocycles. The first-order chi connectivity index (χ1) is 17.8. The van der Waals surface area contributed by atoms with Crippen LogP contribution in [0.25, 0.3) is 69.6 Å². The number of aromatic nitrogens is 1. The minimum absolute atomic E-state index is 1.19. The largest absolute Gasteiger partial charge is 0.309 e. The molecule has 0 aliphatic rings. The quantitative estimate of drug-likeness (QED) is 0.234. The SMILES string of the molecule is c1ccc2cc(-n3c4ccccc4c4cc(-c5cccc6c5sc5ccccc56)ccc43)ccc2c1. The number of nitrogens with zero attached hydrogens (tertiary/aromatic N) is 1. The number of para-hydroxylation sites is 1. The fraction of sp³-hybridized carbons (Fsp3) is 0. The van der Waals surface area contributed by atoms with Crippen LogP contribution in [0.15, 0.2) is 127 Å². The van der Waals surface area contributed by atoms with Crippen LogP contribution in [0, 0.1) is 0 Å². The number of rotatable bonds is 2. The van der Waals surface area contributed by atoms with Crippen LogP contribution in [0.1, 0.15) is 0 Å². The van der Waals surface area contributed by atoms with Crippen LogP contribution in [0.2, 0.25) is 0 Å². The molecule has 0 N–H and O–H groups in total. The minimum Gasteiger partial charge on any atom is -0.309 e. The summed E-state index contributed by atoms with van der Waals surface area (Å²) in [5.74, 6) is 0. The van der Waals surface area contributed by atoms with Gasteiger partial charge in [0.25, 0.3) is 0 Å². The first-order valence-corrected chi connectivity index (χ1v) is 13.1. The Hall–Kier alpha value is -4.40. The van der Waals surface area contributed by atoms with Crippen molar-refractivity contribution < 1.29 is 0 Å². The van der Waals surface area contributed by atoms with Gasteiger partial charge in [0.1, 0.15) is 0 Å². The van der Waals surface area contributed by atoms with Gasteiger partial charge in [-0.25, -0.2) is 0 Å². The maximum atomic E-state index is 2.40. The lowest BCUT2D eigenvalue weighted by Crippen LogP contribution is -1.93. The zero-order chi connectivity index (χ0) is 23.6. The molecule has 36 heavy (non-hydrogen) atoms. The molecule has 2 heteroatoms. The van der Waals surface area contributed by atoms with Crippen molar-refractivity contribution >= 4 is 64.1 Å². The molecule has 2 aromatic heterocycles. The minimum atomic E-state index is 1.19. The third-order valence-corrected chi connectivity index (χ3v) is 8.60. The van der Waals surface area contributed by atoms with Crippen LogP contribution in [-0.2, 0) is 0 Å². The summed E-state index contributed by atoms with van der Waals surface area (Å²) in [6.07, 6.45) is 0. The van der Waals surface area contributed by atoms with Gasteiger partial charge in [0.15, 0.2) is 0 Å². The highest BCUT2D eigenvalue weighted by Gasteiger charge is 2.15. The highest BCUT2D eigenvalue weighted by Crippen LogP contribution is 2.41. The fourth-order valence-corrected chi connectivity index (χ4v) is 6.95. The first kappa shape index (κ1) is 19.9. The Kier molecular flexibility index (Phi) is 4.16. The second-order valence-electron chi connectivity index (χ2n) is 9.40. The van der Waals surface area contributed by atoms with Crippen molar-refractivity contribution in [2.45, 2.75) is 0 Å². The monoisotopic (exact) mass is 475 g/mol. The van der Waals surface area contributed by atoms with Gasteiger partial charge in [-0.2, -0.15) is 0 Å². The fourth-order valence-electron chi connectivity index (χ4n) is 5.71. The zero-order valence-corrected chi connectivity index (χ0v) is 20.3. The zero-order valence-electron chi connectivity index (χ0n) is 19.5. The number of hydrogen-bond acceptors (Lipinski definition) is 1. The predicted molar refractivity (Wildman–Crippen MR) is 157 cm³/mol. The van der Waals surface area contributed by atoms with E-state index >= 15 is 0 Å².